The molecule has 1 heterocycles. The van der Waals surface area contributed by atoms with Crippen LogP contribution in [0.4, 0.5) is 14.5 Å². The summed E-state index contributed by atoms with van der Waals surface area (Å²) in [5, 5.41) is 0. The molecule has 0 fully saturated rings. The van der Waals surface area contributed by atoms with Gasteiger partial charge in [0.15, 0.2) is 0 Å². The van der Waals surface area contributed by atoms with Gasteiger partial charge in [0.2, 0.25) is 0 Å². The van der Waals surface area contributed by atoms with Gasteiger partial charge in [0, 0.05) is 6.20 Å². The fraction of sp³-hybridized carbons (Fsp3) is 0.0833. The lowest BCUT2D eigenvalue weighted by Crippen LogP contribution is -2.14. The molecule has 0 aliphatic heterocycles. The molecular weight excluding hydrogens is 354 g/mol. The molecule has 0 amide bonds. The number of nitrogens with one attached hydrogen (secondary N) is 1. The summed E-state index contributed by atoms with van der Waals surface area (Å²) in [5.41, 5.74) is 0.598. The van der Waals surface area contributed by atoms with Crippen molar-refractivity contribution in [2.45, 2.75) is 11.8 Å². The van der Waals surface area contributed by atoms with Gasteiger partial charge in [-0.3, -0.25) is 9.71 Å². The molecule has 1 aromatic heterocycles. The summed E-state index contributed by atoms with van der Waals surface area (Å²) in [6.07, 6.45) is 1.93. The minimum Gasteiger partial charge on any atom is -0.279 e. The quantitative estimate of drug-likeness (QED) is 0.911. The maximum atomic E-state index is 13.3. The Hall–Kier alpha value is -1.54. The number of hydrogen-bond acceptors (Lipinski definition) is 3. The number of pyridine rings is 1. The van der Waals surface area contributed by atoms with Gasteiger partial charge >= 0.3 is 0 Å². The van der Waals surface area contributed by atoms with Crippen LogP contribution in [-0.4, -0.2) is 13.4 Å². The Labute approximate surface area is 123 Å². The summed E-state index contributed by atoms with van der Waals surface area (Å²) in [4.78, 5) is 3.17. The Kier molecular flexibility index (Phi) is 4.05. The number of anilines is 1. The van der Waals surface area contributed by atoms with Crippen molar-refractivity contribution < 1.29 is 17.2 Å². The SMILES string of the molecule is Cc1cc(F)c(Br)cc1NS(=O)(=O)c1cncc(F)c1. The number of aryl methyl sites for hydroxylation is 1. The van der Waals surface area contributed by atoms with Gasteiger partial charge in [-0.2, -0.15) is 0 Å². The third-order valence-corrected chi connectivity index (χ3v) is 4.44. The summed E-state index contributed by atoms with van der Waals surface area (Å²) < 4.78 is 52.8. The number of hydrogen-bond donors (Lipinski definition) is 1. The highest BCUT2D eigenvalue weighted by atomic mass is 79.9. The third-order valence-electron chi connectivity index (χ3n) is 2.50. The van der Waals surface area contributed by atoms with E-state index >= 15 is 0 Å². The average molecular weight is 363 g/mol. The second kappa shape index (κ2) is 5.45. The molecule has 0 unspecified atom stereocenters. The Bertz CT molecular complexity index is 766. The van der Waals surface area contributed by atoms with Gasteiger partial charge in [0.05, 0.1) is 16.4 Å². The number of benzene rings is 1. The van der Waals surface area contributed by atoms with Crippen LogP contribution < -0.4 is 4.72 Å². The lowest BCUT2D eigenvalue weighted by molar-refractivity contribution is 0.592. The number of nitrogens with zero attached hydrogens (tertiary/aromatic N) is 1. The van der Waals surface area contributed by atoms with Crippen molar-refractivity contribution in [2.24, 2.45) is 0 Å². The summed E-state index contributed by atoms with van der Waals surface area (Å²) in [6, 6.07) is 3.34. The third kappa shape index (κ3) is 3.13. The van der Waals surface area contributed by atoms with E-state index < -0.39 is 21.7 Å². The first-order valence-corrected chi connectivity index (χ1v) is 7.66. The molecule has 2 aromatic rings. The standard InChI is InChI=1S/C12H9BrF2N2O2S/c1-7-2-11(15)10(13)4-12(7)17-20(18,19)9-3-8(14)5-16-6-9/h2-6,17H,1H3. The van der Waals surface area contributed by atoms with Crippen LogP contribution in [-0.2, 0) is 10.0 Å². The number of sulfonamides is 1. The van der Waals surface area contributed by atoms with Crippen molar-refractivity contribution >= 4 is 31.6 Å². The van der Waals surface area contributed by atoms with Crippen LogP contribution in [0.15, 0.2) is 40.0 Å². The summed E-state index contributed by atoms with van der Waals surface area (Å²) in [6.45, 7) is 1.55. The fourth-order valence-electron chi connectivity index (χ4n) is 1.50. The van der Waals surface area contributed by atoms with E-state index in [0.29, 0.717) is 5.56 Å². The number of rotatable bonds is 3. The van der Waals surface area contributed by atoms with Gasteiger partial charge in [0.1, 0.15) is 16.5 Å². The predicted molar refractivity (Wildman–Crippen MR) is 73.8 cm³/mol. The van der Waals surface area contributed by atoms with Crippen LogP contribution in [0.5, 0.6) is 0 Å². The van der Waals surface area contributed by atoms with Gasteiger partial charge in [-0.1, -0.05) is 0 Å². The van der Waals surface area contributed by atoms with E-state index in [9.17, 15) is 17.2 Å². The molecule has 0 saturated heterocycles. The minimum atomic E-state index is -3.98. The summed E-state index contributed by atoms with van der Waals surface area (Å²) in [5.74, 6) is -1.26. The Morgan fingerprint density at radius 3 is 2.55 bits per heavy atom. The van der Waals surface area contributed by atoms with E-state index in [1.807, 2.05) is 0 Å². The van der Waals surface area contributed by atoms with Crippen LogP contribution in [0.2, 0.25) is 0 Å². The van der Waals surface area contributed by atoms with Gasteiger partial charge < -0.3 is 0 Å². The molecule has 0 saturated carbocycles. The highest BCUT2D eigenvalue weighted by Gasteiger charge is 2.17. The van der Waals surface area contributed by atoms with Gasteiger partial charge in [-0.25, -0.2) is 17.2 Å². The molecule has 1 aromatic carbocycles. The summed E-state index contributed by atoms with van der Waals surface area (Å²) >= 11 is 2.97. The molecule has 4 nitrogen and oxygen atoms in total. The molecule has 8 heteroatoms. The van der Waals surface area contributed by atoms with E-state index in [2.05, 4.69) is 25.6 Å². The van der Waals surface area contributed by atoms with Crippen LogP contribution in [0.3, 0.4) is 0 Å². The molecule has 0 aliphatic carbocycles. The highest BCUT2D eigenvalue weighted by Crippen LogP contribution is 2.26. The smallest absolute Gasteiger partial charge is 0.263 e. The van der Waals surface area contributed by atoms with Gasteiger partial charge in [-0.05, 0) is 46.6 Å². The predicted octanol–water partition coefficient (Wildman–Crippen LogP) is 3.23. The Balaban J connectivity index is 2.41. The molecule has 0 radical (unpaired) electrons. The molecule has 2 rings (SSSR count). The first-order valence-electron chi connectivity index (χ1n) is 5.38. The van der Waals surface area contributed by atoms with E-state index in [4.69, 9.17) is 0 Å². The first-order chi connectivity index (χ1) is 9.29. The van der Waals surface area contributed by atoms with Crippen molar-refractivity contribution in [3.8, 4) is 0 Å². The molecule has 106 valence electrons. The fourth-order valence-corrected chi connectivity index (χ4v) is 2.94. The van der Waals surface area contributed by atoms with Crippen molar-refractivity contribution in [2.75, 3.05) is 4.72 Å². The molecule has 0 bridgehead atoms. The van der Waals surface area contributed by atoms with Crippen molar-refractivity contribution in [1.82, 2.24) is 4.98 Å². The average Bonchev–Trinajstić information content (AvgIpc) is 2.36. The molecule has 20 heavy (non-hydrogen) atoms. The monoisotopic (exact) mass is 362 g/mol. The second-order valence-electron chi connectivity index (χ2n) is 4.03. The Morgan fingerprint density at radius 1 is 1.20 bits per heavy atom. The van der Waals surface area contributed by atoms with E-state index in [-0.39, 0.29) is 15.1 Å². The van der Waals surface area contributed by atoms with Gasteiger partial charge in [-0.15, -0.1) is 0 Å². The van der Waals surface area contributed by atoms with E-state index in [1.54, 1.807) is 6.92 Å². The lowest BCUT2D eigenvalue weighted by Gasteiger charge is -2.11. The zero-order valence-electron chi connectivity index (χ0n) is 10.2. The highest BCUT2D eigenvalue weighted by molar-refractivity contribution is 9.10. The van der Waals surface area contributed by atoms with Crippen LogP contribution in [0.25, 0.3) is 0 Å². The van der Waals surface area contributed by atoms with Crippen molar-refractivity contribution in [3.05, 3.63) is 52.3 Å². The van der Waals surface area contributed by atoms with E-state index in [0.717, 1.165) is 18.5 Å². The van der Waals surface area contributed by atoms with Crippen LogP contribution >= 0.6 is 15.9 Å². The lowest BCUT2D eigenvalue weighted by atomic mass is 10.2. The molecular formula is C12H9BrF2N2O2S. The first kappa shape index (κ1) is 14.9. The zero-order chi connectivity index (χ0) is 14.9. The number of halogens is 3. The molecule has 0 atom stereocenters. The van der Waals surface area contributed by atoms with E-state index in [1.165, 1.54) is 12.1 Å². The second-order valence-corrected chi connectivity index (χ2v) is 6.56. The maximum absolute atomic E-state index is 13.3. The topological polar surface area (TPSA) is 59.1 Å². The largest absolute Gasteiger partial charge is 0.279 e. The van der Waals surface area contributed by atoms with Crippen molar-refractivity contribution in [3.63, 3.8) is 0 Å². The molecule has 0 spiro atoms. The number of aromatic nitrogens is 1. The van der Waals surface area contributed by atoms with Crippen LogP contribution in [0.1, 0.15) is 5.56 Å². The van der Waals surface area contributed by atoms with Gasteiger partial charge in [0.25, 0.3) is 10.0 Å². The minimum absolute atomic E-state index is 0.123. The molecule has 1 N–H and O–H groups in total. The molecule has 0 aliphatic rings. The summed E-state index contributed by atoms with van der Waals surface area (Å²) in [7, 11) is -3.98. The zero-order valence-corrected chi connectivity index (χ0v) is 12.6. The van der Waals surface area contributed by atoms with Crippen molar-refractivity contribution in [1.29, 1.82) is 0 Å². The maximum Gasteiger partial charge on any atom is 0.263 e. The normalized spacial score (nSPS) is 11.4. The van der Waals surface area contributed by atoms with Crippen LogP contribution in [0, 0.1) is 18.6 Å². The Morgan fingerprint density at radius 2 is 1.90 bits per heavy atom.